The molecule has 0 bridgehead atoms. The van der Waals surface area contributed by atoms with Crippen LogP contribution in [0.15, 0.2) is 4.52 Å². The normalized spacial score (nSPS) is 12.6. The Kier molecular flexibility index (Phi) is 5.74. The Balaban J connectivity index is 2.64. The first-order valence-electron chi connectivity index (χ1n) is 6.08. The second kappa shape index (κ2) is 6.85. The lowest BCUT2D eigenvalue weighted by Gasteiger charge is -2.21. The quantitative estimate of drug-likeness (QED) is 0.825. The van der Waals surface area contributed by atoms with Crippen LogP contribution in [0, 0.1) is 0 Å². The molecular formula is C11H19F3N4O. The second-order valence-corrected chi connectivity index (χ2v) is 4.63. The third-order valence-corrected chi connectivity index (χ3v) is 2.42. The van der Waals surface area contributed by atoms with Gasteiger partial charge < -0.3 is 9.84 Å². The van der Waals surface area contributed by atoms with E-state index in [1.165, 1.54) is 4.90 Å². The third kappa shape index (κ3) is 6.02. The molecule has 110 valence electrons. The number of halogens is 3. The molecule has 0 radical (unpaired) electrons. The molecule has 5 nitrogen and oxygen atoms in total. The number of nitrogens with one attached hydrogen (secondary N) is 1. The average molecular weight is 280 g/mol. The Hall–Kier alpha value is -1.15. The largest absolute Gasteiger partial charge is 0.401 e. The van der Waals surface area contributed by atoms with Gasteiger partial charge in [-0.25, -0.2) is 0 Å². The summed E-state index contributed by atoms with van der Waals surface area (Å²) in [4.78, 5) is 5.32. The van der Waals surface area contributed by atoms with Crippen molar-refractivity contribution in [1.82, 2.24) is 20.4 Å². The first-order valence-corrected chi connectivity index (χ1v) is 6.08. The number of likely N-dealkylation sites (N-methyl/N-ethyl adjacent to an activating group) is 1. The average Bonchev–Trinajstić information content (AvgIpc) is 2.72. The fourth-order valence-electron chi connectivity index (χ4n) is 1.50. The minimum atomic E-state index is -4.24. The van der Waals surface area contributed by atoms with Crippen LogP contribution in [-0.4, -0.2) is 47.9 Å². The predicted molar refractivity (Wildman–Crippen MR) is 63.6 cm³/mol. The molecule has 0 amide bonds. The highest BCUT2D eigenvalue weighted by atomic mass is 19.4. The lowest BCUT2D eigenvalue weighted by molar-refractivity contribution is -0.147. The smallest absolute Gasteiger partial charge is 0.339 e. The zero-order valence-electron chi connectivity index (χ0n) is 11.3. The lowest BCUT2D eigenvalue weighted by atomic mass is 10.2. The second-order valence-electron chi connectivity index (χ2n) is 4.63. The van der Waals surface area contributed by atoms with Gasteiger partial charge in [0.15, 0.2) is 5.82 Å². The molecule has 1 rings (SSSR count). The van der Waals surface area contributed by atoms with Gasteiger partial charge in [0.1, 0.15) is 0 Å². The summed E-state index contributed by atoms with van der Waals surface area (Å²) in [5.74, 6) is 0.786. The fourth-order valence-corrected chi connectivity index (χ4v) is 1.50. The summed E-state index contributed by atoms with van der Waals surface area (Å²) in [5.41, 5.74) is 0. The third-order valence-electron chi connectivity index (χ3n) is 2.42. The zero-order chi connectivity index (χ0) is 14.5. The number of aromatic nitrogens is 2. The molecule has 1 N–H and O–H groups in total. The van der Waals surface area contributed by atoms with Crippen LogP contribution in [0.1, 0.15) is 31.5 Å². The van der Waals surface area contributed by atoms with Gasteiger partial charge in [-0.1, -0.05) is 19.0 Å². The number of hydrogen-bond acceptors (Lipinski definition) is 5. The Bertz CT molecular complexity index is 378. The summed E-state index contributed by atoms with van der Waals surface area (Å²) in [7, 11) is 1.69. The molecule has 0 unspecified atom stereocenters. The molecule has 0 saturated heterocycles. The Morgan fingerprint density at radius 2 is 2.05 bits per heavy atom. The van der Waals surface area contributed by atoms with Gasteiger partial charge in [-0.2, -0.15) is 18.2 Å². The number of rotatable bonds is 7. The highest BCUT2D eigenvalue weighted by Gasteiger charge is 2.31. The van der Waals surface area contributed by atoms with Gasteiger partial charge in [0, 0.05) is 19.0 Å². The molecule has 1 aromatic heterocycles. The van der Waals surface area contributed by atoms with E-state index in [1.807, 2.05) is 13.8 Å². The van der Waals surface area contributed by atoms with Crippen molar-refractivity contribution in [1.29, 1.82) is 0 Å². The van der Waals surface area contributed by atoms with E-state index in [4.69, 9.17) is 4.52 Å². The molecule has 0 saturated carbocycles. The highest BCUT2D eigenvalue weighted by molar-refractivity contribution is 4.91. The minimum absolute atomic E-state index is 0.0252. The van der Waals surface area contributed by atoms with Gasteiger partial charge in [0.25, 0.3) is 0 Å². The molecule has 19 heavy (non-hydrogen) atoms. The minimum Gasteiger partial charge on any atom is -0.339 e. The monoisotopic (exact) mass is 280 g/mol. The van der Waals surface area contributed by atoms with Crippen molar-refractivity contribution >= 4 is 0 Å². The fraction of sp³-hybridized carbons (Fsp3) is 0.818. The molecular weight excluding hydrogens is 261 g/mol. The van der Waals surface area contributed by atoms with Crippen molar-refractivity contribution < 1.29 is 17.7 Å². The summed E-state index contributed by atoms with van der Waals surface area (Å²) >= 11 is 0. The van der Waals surface area contributed by atoms with Gasteiger partial charge >= 0.3 is 6.18 Å². The Morgan fingerprint density at radius 1 is 1.37 bits per heavy atom. The van der Waals surface area contributed by atoms with E-state index in [-0.39, 0.29) is 24.8 Å². The van der Waals surface area contributed by atoms with Crippen molar-refractivity contribution in [2.24, 2.45) is 0 Å². The van der Waals surface area contributed by atoms with E-state index in [1.54, 1.807) is 7.05 Å². The highest BCUT2D eigenvalue weighted by Crippen LogP contribution is 2.18. The van der Waals surface area contributed by atoms with Crippen LogP contribution < -0.4 is 5.32 Å². The van der Waals surface area contributed by atoms with E-state index in [0.717, 1.165) is 0 Å². The van der Waals surface area contributed by atoms with Crippen molar-refractivity contribution in [3.05, 3.63) is 11.7 Å². The molecule has 0 fully saturated rings. The van der Waals surface area contributed by atoms with E-state index in [0.29, 0.717) is 12.4 Å². The van der Waals surface area contributed by atoms with Gasteiger partial charge in [-0.05, 0) is 7.05 Å². The molecule has 1 aromatic rings. The van der Waals surface area contributed by atoms with Crippen molar-refractivity contribution in [2.75, 3.05) is 26.7 Å². The molecule has 8 heteroatoms. The van der Waals surface area contributed by atoms with Gasteiger partial charge in [-0.3, -0.25) is 4.90 Å². The van der Waals surface area contributed by atoms with E-state index < -0.39 is 12.7 Å². The first kappa shape index (κ1) is 15.9. The predicted octanol–water partition coefficient (Wildman–Crippen LogP) is 1.78. The van der Waals surface area contributed by atoms with Gasteiger partial charge in [0.2, 0.25) is 5.89 Å². The molecule has 0 aromatic carbocycles. The van der Waals surface area contributed by atoms with Crippen molar-refractivity contribution in [3.8, 4) is 0 Å². The van der Waals surface area contributed by atoms with Crippen molar-refractivity contribution in [2.45, 2.75) is 32.5 Å². The van der Waals surface area contributed by atoms with E-state index >= 15 is 0 Å². The van der Waals surface area contributed by atoms with E-state index in [9.17, 15) is 13.2 Å². The van der Waals surface area contributed by atoms with Crippen LogP contribution in [0.25, 0.3) is 0 Å². The summed E-state index contributed by atoms with van der Waals surface area (Å²) < 4.78 is 42.3. The standard InChI is InChI=1S/C11H19F3N4O/c1-8(2)10-16-9(17-19-10)6-18(5-4-15-3)7-11(12,13)14/h8,15H,4-7H2,1-3H3. The maximum atomic E-state index is 12.4. The van der Waals surface area contributed by atoms with Crippen LogP contribution >= 0.6 is 0 Å². The van der Waals surface area contributed by atoms with Crippen LogP contribution in [0.4, 0.5) is 13.2 Å². The number of alkyl halides is 3. The molecule has 0 aliphatic rings. The topological polar surface area (TPSA) is 54.2 Å². The van der Waals surface area contributed by atoms with Crippen LogP contribution in [0.5, 0.6) is 0 Å². The van der Waals surface area contributed by atoms with Crippen LogP contribution in [0.2, 0.25) is 0 Å². The maximum Gasteiger partial charge on any atom is 0.401 e. The van der Waals surface area contributed by atoms with Crippen LogP contribution in [-0.2, 0) is 6.54 Å². The summed E-state index contributed by atoms with van der Waals surface area (Å²) in [6.45, 7) is 3.53. The summed E-state index contributed by atoms with van der Waals surface area (Å²) in [5, 5.41) is 6.52. The number of hydrogen-bond donors (Lipinski definition) is 1. The summed E-state index contributed by atoms with van der Waals surface area (Å²) in [6, 6.07) is 0. The van der Waals surface area contributed by atoms with Gasteiger partial charge in [0.05, 0.1) is 13.1 Å². The molecule has 0 atom stereocenters. The lowest BCUT2D eigenvalue weighted by Crippen LogP contribution is -2.38. The summed E-state index contributed by atoms with van der Waals surface area (Å²) in [6.07, 6.45) is -4.24. The molecule has 1 heterocycles. The molecule has 0 spiro atoms. The first-order chi connectivity index (χ1) is 8.81. The zero-order valence-corrected chi connectivity index (χ0v) is 11.3. The van der Waals surface area contributed by atoms with Crippen LogP contribution in [0.3, 0.4) is 0 Å². The number of nitrogens with zero attached hydrogens (tertiary/aromatic N) is 3. The molecule has 0 aliphatic heterocycles. The van der Waals surface area contributed by atoms with Gasteiger partial charge in [-0.15, -0.1) is 0 Å². The Morgan fingerprint density at radius 3 is 2.53 bits per heavy atom. The van der Waals surface area contributed by atoms with Crippen molar-refractivity contribution in [3.63, 3.8) is 0 Å². The van der Waals surface area contributed by atoms with E-state index in [2.05, 4.69) is 15.5 Å². The molecule has 0 aliphatic carbocycles. The Labute approximate surface area is 110 Å². The maximum absolute atomic E-state index is 12.4. The SMILES string of the molecule is CNCCN(Cc1noc(C(C)C)n1)CC(F)(F)F.